The molecule has 0 bridgehead atoms. The fourth-order valence-corrected chi connectivity index (χ4v) is 3.05. The Morgan fingerprint density at radius 3 is 2.88 bits per heavy atom. The number of carbonyl (C=O) groups excluding carboxylic acids is 2. The number of halogens is 1. The van der Waals surface area contributed by atoms with Gasteiger partial charge in [-0.25, -0.2) is 4.98 Å². The molecule has 0 spiro atoms. The van der Waals surface area contributed by atoms with Crippen LogP contribution in [-0.2, 0) is 9.59 Å². The maximum atomic E-state index is 12.6. The lowest BCUT2D eigenvalue weighted by atomic mass is 10.2. The standard InChI is InChI=1S/C18H13ClN4O2/c19-18-14(22-10-4-3-7-15(22)21-18)8-9-17(25)23-11-16(24)20-12-5-1-2-6-13(12)23/h1-10H,11H2,(H,20,24). The van der Waals surface area contributed by atoms with Crippen LogP contribution in [0.5, 0.6) is 0 Å². The highest BCUT2D eigenvalue weighted by Gasteiger charge is 2.25. The second kappa shape index (κ2) is 6.07. The molecule has 3 heterocycles. The van der Waals surface area contributed by atoms with E-state index in [2.05, 4.69) is 10.3 Å². The van der Waals surface area contributed by atoms with Crippen molar-refractivity contribution in [3.05, 3.63) is 65.6 Å². The van der Waals surface area contributed by atoms with Crippen LogP contribution >= 0.6 is 11.6 Å². The molecule has 0 fully saturated rings. The van der Waals surface area contributed by atoms with Crippen LogP contribution in [0.1, 0.15) is 5.69 Å². The van der Waals surface area contributed by atoms with Gasteiger partial charge in [0.05, 0.1) is 17.1 Å². The number of amides is 2. The number of aromatic nitrogens is 2. The quantitative estimate of drug-likeness (QED) is 0.721. The number of pyridine rings is 1. The van der Waals surface area contributed by atoms with Crippen molar-refractivity contribution in [2.24, 2.45) is 0 Å². The van der Waals surface area contributed by atoms with Crippen molar-refractivity contribution in [3.63, 3.8) is 0 Å². The van der Waals surface area contributed by atoms with Crippen molar-refractivity contribution in [2.45, 2.75) is 0 Å². The van der Waals surface area contributed by atoms with E-state index in [-0.39, 0.29) is 18.4 Å². The SMILES string of the molecule is O=C1CN(C(=O)C=Cc2c(Cl)nc3ccccn23)c2ccccc2N1. The van der Waals surface area contributed by atoms with Crippen molar-refractivity contribution < 1.29 is 9.59 Å². The van der Waals surface area contributed by atoms with Crippen LogP contribution in [0.15, 0.2) is 54.7 Å². The van der Waals surface area contributed by atoms with E-state index in [1.807, 2.05) is 30.5 Å². The lowest BCUT2D eigenvalue weighted by molar-refractivity contribution is -0.119. The first-order valence-corrected chi connectivity index (χ1v) is 8.02. The Bertz CT molecular complexity index is 1020. The van der Waals surface area contributed by atoms with Gasteiger partial charge in [0.15, 0.2) is 5.15 Å². The molecule has 4 rings (SSSR count). The van der Waals surface area contributed by atoms with Crippen molar-refractivity contribution >= 4 is 46.5 Å². The van der Waals surface area contributed by atoms with Crippen LogP contribution in [0.4, 0.5) is 11.4 Å². The number of benzene rings is 1. The fourth-order valence-electron chi connectivity index (χ4n) is 2.81. The molecule has 0 aliphatic carbocycles. The summed E-state index contributed by atoms with van der Waals surface area (Å²) in [6, 6.07) is 12.7. The van der Waals surface area contributed by atoms with Crippen LogP contribution in [0.25, 0.3) is 11.7 Å². The average Bonchev–Trinajstić information content (AvgIpc) is 2.94. The molecular weight excluding hydrogens is 340 g/mol. The molecule has 0 radical (unpaired) electrons. The van der Waals surface area contributed by atoms with Gasteiger partial charge < -0.3 is 5.32 Å². The molecule has 2 aromatic heterocycles. The summed E-state index contributed by atoms with van der Waals surface area (Å²) >= 11 is 6.17. The Kier molecular flexibility index (Phi) is 3.74. The van der Waals surface area contributed by atoms with Crippen LogP contribution in [0.3, 0.4) is 0 Å². The number of fused-ring (bicyclic) bond motifs is 2. The predicted molar refractivity (Wildman–Crippen MR) is 96.7 cm³/mol. The Morgan fingerprint density at radius 1 is 1.20 bits per heavy atom. The van der Waals surface area contributed by atoms with Crippen molar-refractivity contribution in [3.8, 4) is 0 Å². The zero-order valence-electron chi connectivity index (χ0n) is 13.0. The zero-order chi connectivity index (χ0) is 17.4. The first-order valence-electron chi connectivity index (χ1n) is 7.64. The Morgan fingerprint density at radius 2 is 2.00 bits per heavy atom. The van der Waals surface area contributed by atoms with E-state index in [0.29, 0.717) is 27.9 Å². The molecular formula is C18H13ClN4O2. The lowest BCUT2D eigenvalue weighted by Crippen LogP contribution is -2.41. The zero-order valence-corrected chi connectivity index (χ0v) is 13.8. The van der Waals surface area contributed by atoms with Gasteiger partial charge in [-0.1, -0.05) is 29.8 Å². The Hall–Kier alpha value is -3.12. The Labute approximate surface area is 148 Å². The third-order valence-electron chi connectivity index (χ3n) is 3.94. The van der Waals surface area contributed by atoms with E-state index in [0.717, 1.165) is 0 Å². The van der Waals surface area contributed by atoms with Crippen molar-refractivity contribution in [1.29, 1.82) is 0 Å². The van der Waals surface area contributed by atoms with Gasteiger partial charge in [0.25, 0.3) is 5.91 Å². The summed E-state index contributed by atoms with van der Waals surface area (Å²) in [5.74, 6) is -0.530. The van der Waals surface area contributed by atoms with Gasteiger partial charge in [-0.05, 0) is 30.3 Å². The summed E-state index contributed by atoms with van der Waals surface area (Å²) in [7, 11) is 0. The highest BCUT2D eigenvalue weighted by molar-refractivity contribution is 6.31. The third-order valence-corrected chi connectivity index (χ3v) is 4.22. The predicted octanol–water partition coefficient (Wildman–Crippen LogP) is 2.99. The molecule has 0 saturated heterocycles. The molecule has 6 nitrogen and oxygen atoms in total. The average molecular weight is 353 g/mol. The number of nitrogens with one attached hydrogen (secondary N) is 1. The van der Waals surface area contributed by atoms with Crippen LogP contribution in [0.2, 0.25) is 5.15 Å². The summed E-state index contributed by atoms with van der Waals surface area (Å²) in [4.78, 5) is 30.1. The van der Waals surface area contributed by atoms with Crippen LogP contribution in [-0.4, -0.2) is 27.7 Å². The van der Waals surface area contributed by atoms with E-state index >= 15 is 0 Å². The molecule has 1 aromatic carbocycles. The van der Waals surface area contributed by atoms with Crippen LogP contribution in [0, 0.1) is 0 Å². The van der Waals surface area contributed by atoms with E-state index < -0.39 is 0 Å². The molecule has 1 aliphatic rings. The van der Waals surface area contributed by atoms with E-state index in [9.17, 15) is 9.59 Å². The molecule has 3 aromatic rings. The summed E-state index contributed by atoms with van der Waals surface area (Å²) in [6.07, 6.45) is 4.83. The summed E-state index contributed by atoms with van der Waals surface area (Å²) in [5.41, 5.74) is 2.59. The molecule has 25 heavy (non-hydrogen) atoms. The van der Waals surface area contributed by atoms with Gasteiger partial charge in [0.2, 0.25) is 5.91 Å². The molecule has 124 valence electrons. The number of para-hydroxylation sites is 2. The maximum Gasteiger partial charge on any atom is 0.251 e. The topological polar surface area (TPSA) is 66.7 Å². The van der Waals surface area contributed by atoms with Crippen LogP contribution < -0.4 is 10.2 Å². The second-order valence-electron chi connectivity index (χ2n) is 5.54. The minimum atomic E-state index is -0.302. The molecule has 7 heteroatoms. The van der Waals surface area contributed by atoms with Crippen molar-refractivity contribution in [1.82, 2.24) is 9.38 Å². The molecule has 2 amide bonds. The first kappa shape index (κ1) is 15.4. The second-order valence-corrected chi connectivity index (χ2v) is 5.90. The number of anilines is 2. The van der Waals surface area contributed by atoms with E-state index in [4.69, 9.17) is 11.6 Å². The first-order chi connectivity index (χ1) is 12.1. The van der Waals surface area contributed by atoms with Gasteiger partial charge in [-0.2, -0.15) is 0 Å². The number of hydrogen-bond acceptors (Lipinski definition) is 3. The van der Waals surface area contributed by atoms with E-state index in [1.54, 1.807) is 28.7 Å². The van der Waals surface area contributed by atoms with Gasteiger partial charge in [-0.15, -0.1) is 0 Å². The molecule has 0 atom stereocenters. The molecule has 1 aliphatic heterocycles. The van der Waals surface area contributed by atoms with Gasteiger partial charge in [0, 0.05) is 12.3 Å². The Balaban J connectivity index is 1.67. The number of nitrogens with zero attached hydrogens (tertiary/aromatic N) is 3. The monoisotopic (exact) mass is 352 g/mol. The minimum Gasteiger partial charge on any atom is -0.323 e. The summed E-state index contributed by atoms with van der Waals surface area (Å²) < 4.78 is 1.79. The largest absolute Gasteiger partial charge is 0.323 e. The fraction of sp³-hybridized carbons (Fsp3) is 0.0556. The number of hydrogen-bond donors (Lipinski definition) is 1. The normalized spacial score (nSPS) is 14.0. The molecule has 0 unspecified atom stereocenters. The summed E-state index contributed by atoms with van der Waals surface area (Å²) in [5, 5.41) is 3.07. The highest BCUT2D eigenvalue weighted by Crippen LogP contribution is 2.29. The number of imidazole rings is 1. The smallest absolute Gasteiger partial charge is 0.251 e. The third kappa shape index (κ3) is 2.77. The van der Waals surface area contributed by atoms with Gasteiger partial charge in [-0.3, -0.25) is 18.9 Å². The highest BCUT2D eigenvalue weighted by atomic mass is 35.5. The molecule has 0 saturated carbocycles. The maximum absolute atomic E-state index is 12.6. The molecule has 1 N–H and O–H groups in total. The minimum absolute atomic E-state index is 0.0267. The lowest BCUT2D eigenvalue weighted by Gasteiger charge is -2.28. The summed E-state index contributed by atoms with van der Waals surface area (Å²) in [6.45, 7) is -0.0267. The van der Waals surface area contributed by atoms with Crippen molar-refractivity contribution in [2.75, 3.05) is 16.8 Å². The van der Waals surface area contributed by atoms with Gasteiger partial charge in [0.1, 0.15) is 12.2 Å². The van der Waals surface area contributed by atoms with Gasteiger partial charge >= 0.3 is 0 Å². The number of carbonyl (C=O) groups is 2. The van der Waals surface area contributed by atoms with E-state index in [1.165, 1.54) is 11.0 Å². The number of rotatable bonds is 2.